The van der Waals surface area contributed by atoms with Gasteiger partial charge in [-0.25, -0.2) is 0 Å². The Labute approximate surface area is 83.9 Å². The molecule has 0 aromatic carbocycles. The van der Waals surface area contributed by atoms with Crippen molar-refractivity contribution in [1.29, 1.82) is 0 Å². The van der Waals surface area contributed by atoms with Crippen LogP contribution in [0.1, 0.15) is 24.8 Å². The van der Waals surface area contributed by atoms with Crippen LogP contribution in [-0.4, -0.2) is 17.8 Å². The van der Waals surface area contributed by atoms with E-state index in [1.165, 1.54) is 0 Å². The van der Waals surface area contributed by atoms with Crippen LogP contribution >= 0.6 is 0 Å². The summed E-state index contributed by atoms with van der Waals surface area (Å²) in [4.78, 5) is 0. The molecule has 2 unspecified atom stereocenters. The maximum absolute atomic E-state index is 9.93. The van der Waals surface area contributed by atoms with Gasteiger partial charge < -0.3 is 15.3 Å². The highest BCUT2D eigenvalue weighted by Crippen LogP contribution is 2.40. The second-order valence-electron chi connectivity index (χ2n) is 4.28. The largest absolute Gasteiger partial charge is 0.472 e. The van der Waals surface area contributed by atoms with Crippen LogP contribution in [0.2, 0.25) is 0 Å². The van der Waals surface area contributed by atoms with Gasteiger partial charge in [-0.05, 0) is 30.9 Å². The van der Waals surface area contributed by atoms with Gasteiger partial charge in [-0.1, -0.05) is 6.42 Å². The van der Waals surface area contributed by atoms with E-state index in [1.807, 2.05) is 6.07 Å². The van der Waals surface area contributed by atoms with E-state index in [-0.39, 0.29) is 11.5 Å². The van der Waals surface area contributed by atoms with Crippen molar-refractivity contribution in [2.45, 2.75) is 31.8 Å². The number of aliphatic hydroxyl groups is 1. The number of rotatable bonds is 3. The Morgan fingerprint density at radius 2 is 2.50 bits per heavy atom. The van der Waals surface area contributed by atoms with Crippen molar-refractivity contribution in [2.75, 3.05) is 6.54 Å². The minimum atomic E-state index is -0.248. The first-order valence-corrected chi connectivity index (χ1v) is 5.16. The molecule has 0 amide bonds. The van der Waals surface area contributed by atoms with Gasteiger partial charge in [-0.15, -0.1) is 0 Å². The van der Waals surface area contributed by atoms with Gasteiger partial charge in [0.15, 0.2) is 0 Å². The van der Waals surface area contributed by atoms with Crippen LogP contribution in [0, 0.1) is 5.41 Å². The van der Waals surface area contributed by atoms with E-state index in [9.17, 15) is 5.11 Å². The van der Waals surface area contributed by atoms with E-state index in [0.29, 0.717) is 6.54 Å². The third-order valence-corrected chi connectivity index (χ3v) is 3.40. The smallest absolute Gasteiger partial charge is 0.0934 e. The highest BCUT2D eigenvalue weighted by Gasteiger charge is 2.40. The molecule has 1 aromatic rings. The maximum atomic E-state index is 9.93. The van der Waals surface area contributed by atoms with Crippen molar-refractivity contribution in [3.63, 3.8) is 0 Å². The molecular formula is C11H17NO2. The topological polar surface area (TPSA) is 59.4 Å². The molecular weight excluding hydrogens is 178 g/mol. The molecule has 0 bridgehead atoms. The molecule has 0 spiro atoms. The lowest BCUT2D eigenvalue weighted by molar-refractivity contribution is 0.0587. The van der Waals surface area contributed by atoms with Crippen LogP contribution in [-0.2, 0) is 6.42 Å². The van der Waals surface area contributed by atoms with Gasteiger partial charge in [-0.3, -0.25) is 0 Å². The molecule has 0 aliphatic heterocycles. The summed E-state index contributed by atoms with van der Waals surface area (Å²) >= 11 is 0. The molecule has 2 rings (SSSR count). The Kier molecular flexibility index (Phi) is 2.61. The first-order chi connectivity index (χ1) is 6.77. The quantitative estimate of drug-likeness (QED) is 0.764. The van der Waals surface area contributed by atoms with Crippen molar-refractivity contribution in [3.05, 3.63) is 24.2 Å². The Hall–Kier alpha value is -0.800. The highest BCUT2D eigenvalue weighted by atomic mass is 16.3. The number of nitrogens with two attached hydrogens (primary N) is 1. The summed E-state index contributed by atoms with van der Waals surface area (Å²) in [6.07, 6.45) is 6.98. The molecule has 1 heterocycles. The van der Waals surface area contributed by atoms with Crippen LogP contribution in [0.5, 0.6) is 0 Å². The number of hydrogen-bond donors (Lipinski definition) is 2. The molecule has 14 heavy (non-hydrogen) atoms. The number of aliphatic hydroxyl groups excluding tert-OH is 1. The zero-order chi connectivity index (χ0) is 10.0. The van der Waals surface area contributed by atoms with Crippen molar-refractivity contribution in [2.24, 2.45) is 11.1 Å². The fraction of sp³-hybridized carbons (Fsp3) is 0.636. The predicted octanol–water partition coefficient (Wildman–Crippen LogP) is 1.31. The molecule has 1 saturated carbocycles. The minimum absolute atomic E-state index is 0.107. The first-order valence-electron chi connectivity index (χ1n) is 5.16. The second-order valence-corrected chi connectivity index (χ2v) is 4.28. The van der Waals surface area contributed by atoms with Crippen molar-refractivity contribution in [1.82, 2.24) is 0 Å². The third-order valence-electron chi connectivity index (χ3n) is 3.40. The Balaban J connectivity index is 2.13. The molecule has 1 aromatic heterocycles. The number of hydrogen-bond acceptors (Lipinski definition) is 3. The summed E-state index contributed by atoms with van der Waals surface area (Å²) < 4.78 is 5.03. The van der Waals surface area contributed by atoms with Gasteiger partial charge in [0.25, 0.3) is 0 Å². The summed E-state index contributed by atoms with van der Waals surface area (Å²) in [5.41, 5.74) is 6.81. The summed E-state index contributed by atoms with van der Waals surface area (Å²) in [6.45, 7) is 0.555. The molecule has 1 aliphatic carbocycles. The predicted molar refractivity (Wildman–Crippen MR) is 53.8 cm³/mol. The lowest BCUT2D eigenvalue weighted by Gasteiger charge is -2.30. The molecule has 3 nitrogen and oxygen atoms in total. The summed E-state index contributed by atoms with van der Waals surface area (Å²) in [7, 11) is 0. The monoisotopic (exact) mass is 195 g/mol. The Morgan fingerprint density at radius 3 is 3.00 bits per heavy atom. The van der Waals surface area contributed by atoms with Crippen LogP contribution < -0.4 is 5.73 Å². The standard InChI is InChI=1S/C11H17NO2/c12-8-11(4-1-2-10(11)13)6-9-3-5-14-7-9/h3,5,7,10,13H,1-2,4,6,8,12H2. The van der Waals surface area contributed by atoms with Gasteiger partial charge in [0, 0.05) is 12.0 Å². The van der Waals surface area contributed by atoms with E-state index < -0.39 is 0 Å². The molecule has 1 fully saturated rings. The molecule has 3 heteroatoms. The summed E-state index contributed by atoms with van der Waals surface area (Å²) in [5, 5.41) is 9.93. The lowest BCUT2D eigenvalue weighted by Crippen LogP contribution is -2.39. The third kappa shape index (κ3) is 1.57. The lowest BCUT2D eigenvalue weighted by atomic mass is 9.79. The fourth-order valence-electron chi connectivity index (χ4n) is 2.44. The molecule has 0 radical (unpaired) electrons. The van der Waals surface area contributed by atoms with Crippen LogP contribution in [0.15, 0.2) is 23.0 Å². The van der Waals surface area contributed by atoms with Gasteiger partial charge in [0.2, 0.25) is 0 Å². The molecule has 2 atom stereocenters. The fourth-order valence-corrected chi connectivity index (χ4v) is 2.44. The van der Waals surface area contributed by atoms with E-state index in [1.54, 1.807) is 12.5 Å². The van der Waals surface area contributed by atoms with E-state index >= 15 is 0 Å². The maximum Gasteiger partial charge on any atom is 0.0934 e. The zero-order valence-corrected chi connectivity index (χ0v) is 8.28. The average Bonchev–Trinajstić information content (AvgIpc) is 2.79. The Bertz CT molecular complexity index is 283. The summed E-state index contributed by atoms with van der Waals surface area (Å²) in [6, 6.07) is 1.95. The first kappa shape index (κ1) is 9.74. The number of furan rings is 1. The minimum Gasteiger partial charge on any atom is -0.472 e. The van der Waals surface area contributed by atoms with Gasteiger partial charge in [0.1, 0.15) is 0 Å². The normalized spacial score (nSPS) is 32.3. The molecule has 0 saturated heterocycles. The average molecular weight is 195 g/mol. The zero-order valence-electron chi connectivity index (χ0n) is 8.28. The van der Waals surface area contributed by atoms with Crippen LogP contribution in [0.25, 0.3) is 0 Å². The van der Waals surface area contributed by atoms with Crippen LogP contribution in [0.4, 0.5) is 0 Å². The van der Waals surface area contributed by atoms with Crippen LogP contribution in [0.3, 0.4) is 0 Å². The second kappa shape index (κ2) is 3.75. The van der Waals surface area contributed by atoms with E-state index in [4.69, 9.17) is 10.2 Å². The summed E-state index contributed by atoms with van der Waals surface area (Å²) in [5.74, 6) is 0. The SMILES string of the molecule is NCC1(Cc2ccoc2)CCCC1O. The van der Waals surface area contributed by atoms with Gasteiger partial charge >= 0.3 is 0 Å². The molecule has 78 valence electrons. The molecule has 1 aliphatic rings. The van der Waals surface area contributed by atoms with Gasteiger partial charge in [0.05, 0.1) is 18.6 Å². The van der Waals surface area contributed by atoms with Crippen molar-refractivity contribution >= 4 is 0 Å². The Morgan fingerprint density at radius 1 is 1.64 bits per heavy atom. The van der Waals surface area contributed by atoms with Gasteiger partial charge in [-0.2, -0.15) is 0 Å². The van der Waals surface area contributed by atoms with E-state index in [2.05, 4.69) is 0 Å². The van der Waals surface area contributed by atoms with E-state index in [0.717, 1.165) is 31.2 Å². The molecule has 3 N–H and O–H groups in total. The van der Waals surface area contributed by atoms with Crippen molar-refractivity contribution in [3.8, 4) is 0 Å². The van der Waals surface area contributed by atoms with Crippen molar-refractivity contribution < 1.29 is 9.52 Å². The highest BCUT2D eigenvalue weighted by molar-refractivity contribution is 5.11.